The molecule has 0 aliphatic heterocycles. The van der Waals surface area contributed by atoms with Crippen molar-refractivity contribution in [2.45, 2.75) is 0 Å². The van der Waals surface area contributed by atoms with Crippen LogP contribution < -0.4 is 0 Å². The molecule has 0 spiro atoms. The quantitative estimate of drug-likeness (QED) is 0.765. The van der Waals surface area contributed by atoms with Gasteiger partial charge in [0.1, 0.15) is 16.9 Å². The minimum absolute atomic E-state index is 0.0412. The zero-order chi connectivity index (χ0) is 14.3. The predicted octanol–water partition coefficient (Wildman–Crippen LogP) is 4.09. The lowest BCUT2D eigenvalue weighted by molar-refractivity contribution is 0.0698. The van der Waals surface area contributed by atoms with Gasteiger partial charge in [-0.25, -0.2) is 14.2 Å². The van der Waals surface area contributed by atoms with Crippen LogP contribution in [0.5, 0.6) is 0 Å². The third-order valence-corrected chi connectivity index (χ3v) is 3.46. The average molecular weight is 336 g/mol. The summed E-state index contributed by atoms with van der Waals surface area (Å²) in [6, 6.07) is 8.79. The number of para-hydroxylation sites is 1. The molecule has 0 aliphatic rings. The van der Waals surface area contributed by atoms with E-state index in [0.29, 0.717) is 15.6 Å². The molecule has 0 atom stereocenters. The molecule has 0 fully saturated rings. The van der Waals surface area contributed by atoms with Crippen molar-refractivity contribution in [1.82, 2.24) is 4.98 Å². The van der Waals surface area contributed by atoms with Crippen molar-refractivity contribution < 1.29 is 18.7 Å². The number of carboxylic acid groups (broad SMARTS) is 1. The number of fused-ring (bicyclic) bond motifs is 1. The maximum atomic E-state index is 13.1. The van der Waals surface area contributed by atoms with Crippen LogP contribution in [0.4, 0.5) is 4.39 Å². The van der Waals surface area contributed by atoms with Crippen LogP contribution in [-0.2, 0) is 0 Å². The predicted molar refractivity (Wildman–Crippen MR) is 74.1 cm³/mol. The summed E-state index contributed by atoms with van der Waals surface area (Å²) in [6.45, 7) is 0. The minimum atomic E-state index is -1.09. The number of hydrogen-bond donors (Lipinski definition) is 1. The summed E-state index contributed by atoms with van der Waals surface area (Å²) >= 11 is 3.23. The molecule has 0 amide bonds. The largest absolute Gasteiger partial charge is 0.478 e. The lowest BCUT2D eigenvalue weighted by Gasteiger charge is -1.99. The molecule has 0 saturated heterocycles. The normalized spacial score (nSPS) is 10.9. The van der Waals surface area contributed by atoms with E-state index in [2.05, 4.69) is 20.9 Å². The molecule has 6 heteroatoms. The van der Waals surface area contributed by atoms with E-state index in [4.69, 9.17) is 9.52 Å². The third-order valence-electron chi connectivity index (χ3n) is 2.81. The number of halogens is 2. The highest BCUT2D eigenvalue weighted by Gasteiger charge is 2.17. The zero-order valence-electron chi connectivity index (χ0n) is 9.93. The van der Waals surface area contributed by atoms with Crippen LogP contribution in [-0.4, -0.2) is 16.1 Å². The number of carbonyl (C=O) groups is 1. The highest BCUT2D eigenvalue weighted by Crippen LogP contribution is 2.31. The van der Waals surface area contributed by atoms with Gasteiger partial charge in [0.05, 0.1) is 5.56 Å². The van der Waals surface area contributed by atoms with Crippen molar-refractivity contribution in [1.29, 1.82) is 0 Å². The Bertz CT molecular complexity index is 828. The lowest BCUT2D eigenvalue weighted by atomic mass is 10.2. The SMILES string of the molecule is O=C(O)c1cccc2nc(-c3ccc(F)cc3Br)oc12. The smallest absolute Gasteiger partial charge is 0.339 e. The summed E-state index contributed by atoms with van der Waals surface area (Å²) < 4.78 is 19.1. The fourth-order valence-electron chi connectivity index (χ4n) is 1.90. The van der Waals surface area contributed by atoms with Gasteiger partial charge in [0.15, 0.2) is 5.58 Å². The van der Waals surface area contributed by atoms with Crippen LogP contribution in [0.3, 0.4) is 0 Å². The number of nitrogens with zero attached hydrogens (tertiary/aromatic N) is 1. The van der Waals surface area contributed by atoms with Gasteiger partial charge >= 0.3 is 5.97 Å². The molecule has 20 heavy (non-hydrogen) atoms. The Labute approximate surface area is 121 Å². The summed E-state index contributed by atoms with van der Waals surface area (Å²) in [5.74, 6) is -1.24. The Morgan fingerprint density at radius 2 is 2.10 bits per heavy atom. The van der Waals surface area contributed by atoms with Crippen LogP contribution >= 0.6 is 15.9 Å². The van der Waals surface area contributed by atoms with Crippen LogP contribution in [0.2, 0.25) is 0 Å². The second kappa shape index (κ2) is 4.72. The number of oxazole rings is 1. The van der Waals surface area contributed by atoms with Gasteiger partial charge in [-0.05, 0) is 46.3 Å². The molecule has 0 saturated carbocycles. The molecule has 4 nitrogen and oxygen atoms in total. The van der Waals surface area contributed by atoms with Crippen LogP contribution in [0.25, 0.3) is 22.6 Å². The number of carboxylic acids is 1. The molecule has 2 aromatic carbocycles. The average Bonchev–Trinajstić information content (AvgIpc) is 2.81. The fraction of sp³-hybridized carbons (Fsp3) is 0. The Balaban J connectivity index is 2.23. The summed E-state index contributed by atoms with van der Waals surface area (Å²) in [5.41, 5.74) is 1.24. The van der Waals surface area contributed by atoms with Gasteiger partial charge in [0, 0.05) is 4.47 Å². The summed E-state index contributed by atoms with van der Waals surface area (Å²) in [5, 5.41) is 9.11. The molecule has 0 unspecified atom stereocenters. The maximum absolute atomic E-state index is 13.1. The Morgan fingerprint density at radius 3 is 2.80 bits per heavy atom. The summed E-state index contributed by atoms with van der Waals surface area (Å²) in [7, 11) is 0. The van der Waals surface area contributed by atoms with E-state index < -0.39 is 5.97 Å². The molecule has 3 aromatic rings. The minimum Gasteiger partial charge on any atom is -0.478 e. The third kappa shape index (κ3) is 2.08. The molecule has 0 bridgehead atoms. The first-order valence-electron chi connectivity index (χ1n) is 5.64. The Kier molecular flexibility index (Phi) is 3.02. The van der Waals surface area contributed by atoms with Crippen molar-refractivity contribution in [3.8, 4) is 11.5 Å². The Hall–Kier alpha value is -2.21. The number of aromatic carboxylic acids is 1. The van der Waals surface area contributed by atoms with Crippen LogP contribution in [0.1, 0.15) is 10.4 Å². The molecule has 0 radical (unpaired) electrons. The van der Waals surface area contributed by atoms with E-state index in [0.717, 1.165) is 0 Å². The number of rotatable bonds is 2. The second-order valence-corrected chi connectivity index (χ2v) is 4.96. The molecule has 0 aliphatic carbocycles. The highest BCUT2D eigenvalue weighted by atomic mass is 79.9. The molecule has 100 valence electrons. The van der Waals surface area contributed by atoms with Gasteiger partial charge in [0.25, 0.3) is 0 Å². The molecule has 1 aromatic heterocycles. The van der Waals surface area contributed by atoms with Crippen LogP contribution in [0.15, 0.2) is 45.3 Å². The first-order chi connectivity index (χ1) is 9.56. The van der Waals surface area contributed by atoms with Gasteiger partial charge in [-0.15, -0.1) is 0 Å². The molecule has 1 N–H and O–H groups in total. The number of benzene rings is 2. The number of hydrogen-bond acceptors (Lipinski definition) is 3. The summed E-state index contributed by atoms with van der Waals surface area (Å²) in [4.78, 5) is 15.4. The molecular weight excluding hydrogens is 329 g/mol. The van der Waals surface area contributed by atoms with E-state index in [9.17, 15) is 9.18 Å². The van der Waals surface area contributed by atoms with Crippen molar-refractivity contribution in [3.63, 3.8) is 0 Å². The summed E-state index contributed by atoms with van der Waals surface area (Å²) in [6.07, 6.45) is 0. The van der Waals surface area contributed by atoms with E-state index in [1.54, 1.807) is 12.1 Å². The second-order valence-electron chi connectivity index (χ2n) is 4.10. The standard InChI is InChI=1S/C14H7BrFNO3/c15-10-6-7(16)4-5-8(10)13-17-11-3-1-2-9(14(18)19)12(11)20-13/h1-6H,(H,18,19). The van der Waals surface area contributed by atoms with E-state index in [1.807, 2.05) is 0 Å². The molecule has 3 rings (SSSR count). The van der Waals surface area contributed by atoms with Gasteiger partial charge in [-0.1, -0.05) is 6.07 Å². The molecular formula is C14H7BrFNO3. The Morgan fingerprint density at radius 1 is 1.30 bits per heavy atom. The van der Waals surface area contributed by atoms with Crippen molar-refractivity contribution in [2.24, 2.45) is 0 Å². The van der Waals surface area contributed by atoms with Crippen molar-refractivity contribution >= 4 is 33.0 Å². The van der Waals surface area contributed by atoms with Gasteiger partial charge < -0.3 is 9.52 Å². The van der Waals surface area contributed by atoms with Gasteiger partial charge in [-0.2, -0.15) is 0 Å². The first kappa shape index (κ1) is 12.8. The fourth-order valence-corrected chi connectivity index (χ4v) is 2.42. The first-order valence-corrected chi connectivity index (χ1v) is 6.44. The topological polar surface area (TPSA) is 63.3 Å². The highest BCUT2D eigenvalue weighted by molar-refractivity contribution is 9.10. The van der Waals surface area contributed by atoms with Gasteiger partial charge in [-0.3, -0.25) is 0 Å². The lowest BCUT2D eigenvalue weighted by Crippen LogP contribution is -1.95. The van der Waals surface area contributed by atoms with E-state index >= 15 is 0 Å². The number of aromatic nitrogens is 1. The van der Waals surface area contributed by atoms with Crippen molar-refractivity contribution in [2.75, 3.05) is 0 Å². The van der Waals surface area contributed by atoms with Gasteiger partial charge in [0.2, 0.25) is 5.89 Å². The van der Waals surface area contributed by atoms with Crippen LogP contribution in [0, 0.1) is 5.82 Å². The van der Waals surface area contributed by atoms with E-state index in [1.165, 1.54) is 24.3 Å². The monoisotopic (exact) mass is 335 g/mol. The maximum Gasteiger partial charge on any atom is 0.339 e. The zero-order valence-corrected chi connectivity index (χ0v) is 11.5. The van der Waals surface area contributed by atoms with E-state index in [-0.39, 0.29) is 22.9 Å². The molecule has 1 heterocycles. The van der Waals surface area contributed by atoms with Crippen molar-refractivity contribution in [3.05, 3.63) is 52.3 Å².